The molecule has 0 aliphatic carbocycles. The van der Waals surface area contributed by atoms with Gasteiger partial charge in [-0.15, -0.1) is 40.7 Å². The van der Waals surface area contributed by atoms with Crippen LogP contribution in [0.4, 0.5) is 5.82 Å². The van der Waals surface area contributed by atoms with E-state index < -0.39 is 0 Å². The zero-order valence-electron chi connectivity index (χ0n) is 31.7. The zero-order valence-corrected chi connectivity index (χ0v) is 34.8. The third-order valence-corrected chi connectivity index (χ3v) is 10.2. The van der Waals surface area contributed by atoms with E-state index in [9.17, 15) is 0 Å². The SMILES string of the molecule is CC(C)(C)Cc1ccc2c(c1)sc1c(-c3cc(C(C)(C)C)cc(N=c4cc(C(C)(C)C)cc(-c5cc(C(C)(C)C)ccn5)[cH-]4)n3)nccc12.[Pt]. The summed E-state index contributed by atoms with van der Waals surface area (Å²) in [5, 5.41) is 3.37. The Bertz CT molecular complexity index is 2250. The van der Waals surface area contributed by atoms with E-state index in [4.69, 9.17) is 19.9 Å². The van der Waals surface area contributed by atoms with Gasteiger partial charge < -0.3 is 4.98 Å². The molecule has 0 bridgehead atoms. The number of fused-ring (bicyclic) bond motifs is 3. The molecule has 0 N–H and O–H groups in total. The maximum absolute atomic E-state index is 5.24. The molecule has 6 heteroatoms. The Morgan fingerprint density at radius 2 is 1.28 bits per heavy atom. The third kappa shape index (κ3) is 8.38. The molecule has 0 saturated heterocycles. The maximum Gasteiger partial charge on any atom is 0.151 e. The van der Waals surface area contributed by atoms with Crippen molar-refractivity contribution in [2.75, 3.05) is 0 Å². The summed E-state index contributed by atoms with van der Waals surface area (Å²) >= 11 is 1.81. The molecule has 0 amide bonds. The zero-order chi connectivity index (χ0) is 35.5. The molecule has 50 heavy (non-hydrogen) atoms. The molecule has 0 atom stereocenters. The number of thiophene rings is 1. The van der Waals surface area contributed by atoms with Crippen LogP contribution < -0.4 is 5.36 Å². The Morgan fingerprint density at radius 3 is 1.94 bits per heavy atom. The van der Waals surface area contributed by atoms with Gasteiger partial charge in [0.1, 0.15) is 5.69 Å². The van der Waals surface area contributed by atoms with Crippen LogP contribution in [0.2, 0.25) is 0 Å². The maximum atomic E-state index is 5.24. The fourth-order valence-corrected chi connectivity index (χ4v) is 7.48. The predicted octanol–water partition coefficient (Wildman–Crippen LogP) is 12.0. The molecule has 0 spiro atoms. The van der Waals surface area contributed by atoms with Gasteiger partial charge in [-0.3, -0.25) is 4.98 Å². The van der Waals surface area contributed by atoms with Crippen molar-refractivity contribution >= 4 is 37.3 Å². The van der Waals surface area contributed by atoms with Gasteiger partial charge in [-0.1, -0.05) is 101 Å². The number of benzene rings is 2. The summed E-state index contributed by atoms with van der Waals surface area (Å²) in [5.74, 6) is 0.684. The number of hydrogen-bond donors (Lipinski definition) is 0. The van der Waals surface area contributed by atoms with Gasteiger partial charge in [-0.25, -0.2) is 9.98 Å². The molecule has 0 aliphatic heterocycles. The van der Waals surface area contributed by atoms with Crippen molar-refractivity contribution in [1.29, 1.82) is 0 Å². The van der Waals surface area contributed by atoms with E-state index in [-0.39, 0.29) is 42.7 Å². The van der Waals surface area contributed by atoms with Gasteiger partial charge in [-0.05, 0) is 86.2 Å². The standard InChI is InChI=1S/C44H51N4S.Pt/c1-41(2,3)26-27-13-14-33-34-16-18-46-39(40(34)49-37(33)19-27)36-24-31(44(10,11)12)25-38(48-36)47-32-21-28(20-30(22-32)43(7,8)9)35-23-29(15-17-45-35)42(4,5)6;/h13-25H,26H2,1-12H3;/q-1;. The predicted molar refractivity (Wildman–Crippen MR) is 210 cm³/mol. The normalized spacial score (nSPS) is 13.2. The van der Waals surface area contributed by atoms with Gasteiger partial charge in [0.25, 0.3) is 0 Å². The van der Waals surface area contributed by atoms with Crippen LogP contribution in [-0.2, 0) is 43.7 Å². The minimum Gasteiger partial charge on any atom is -0.305 e. The molecule has 0 radical (unpaired) electrons. The second-order valence-electron chi connectivity index (χ2n) is 17.9. The van der Waals surface area contributed by atoms with Crippen LogP contribution in [0.25, 0.3) is 42.8 Å². The van der Waals surface area contributed by atoms with Crippen LogP contribution in [0.3, 0.4) is 0 Å². The molecule has 4 nitrogen and oxygen atoms in total. The van der Waals surface area contributed by atoms with Crippen molar-refractivity contribution in [2.45, 2.75) is 106 Å². The first-order chi connectivity index (χ1) is 22.7. The summed E-state index contributed by atoms with van der Waals surface area (Å²) < 4.78 is 2.45. The van der Waals surface area contributed by atoms with E-state index in [1.807, 2.05) is 23.7 Å². The first-order valence-corrected chi connectivity index (χ1v) is 18.2. The molecule has 0 aliphatic rings. The fourth-order valence-electron chi connectivity index (χ4n) is 6.22. The van der Waals surface area contributed by atoms with Crippen molar-refractivity contribution < 1.29 is 21.1 Å². The van der Waals surface area contributed by atoms with Crippen LogP contribution in [0.1, 0.15) is 105 Å². The van der Waals surface area contributed by atoms with Crippen molar-refractivity contribution in [3.63, 3.8) is 0 Å². The Hall–Kier alpha value is -3.40. The van der Waals surface area contributed by atoms with E-state index in [1.54, 1.807) is 0 Å². The number of pyridine rings is 3. The number of aromatic nitrogens is 3. The van der Waals surface area contributed by atoms with Gasteiger partial charge >= 0.3 is 0 Å². The van der Waals surface area contributed by atoms with E-state index in [1.165, 1.54) is 37.7 Å². The van der Waals surface area contributed by atoms with Gasteiger partial charge in [0, 0.05) is 48.9 Å². The Balaban J connectivity index is 0.00000486. The molecule has 0 saturated carbocycles. The van der Waals surface area contributed by atoms with Gasteiger partial charge in [-0.2, -0.15) is 0 Å². The minimum absolute atomic E-state index is 0. The average molecular weight is 863 g/mol. The quantitative estimate of drug-likeness (QED) is 0.166. The second-order valence-corrected chi connectivity index (χ2v) is 18.9. The number of rotatable bonds is 4. The summed E-state index contributed by atoms with van der Waals surface area (Å²) in [6.07, 6.45) is 4.88. The summed E-state index contributed by atoms with van der Waals surface area (Å²) in [4.78, 5) is 20.2. The van der Waals surface area contributed by atoms with Crippen LogP contribution in [0.15, 0.2) is 84.1 Å². The second kappa shape index (κ2) is 13.6. The van der Waals surface area contributed by atoms with Gasteiger partial charge in [0.2, 0.25) is 0 Å². The van der Waals surface area contributed by atoms with Crippen molar-refractivity contribution in [3.05, 3.63) is 107 Å². The van der Waals surface area contributed by atoms with E-state index in [0.29, 0.717) is 5.82 Å². The largest absolute Gasteiger partial charge is 0.305 e. The molecule has 4 heterocycles. The molecule has 0 unspecified atom stereocenters. The molecule has 0 fully saturated rings. The minimum atomic E-state index is -0.104. The molecular weight excluding hydrogens is 812 g/mol. The summed E-state index contributed by atoms with van der Waals surface area (Å²) in [7, 11) is 0. The van der Waals surface area contributed by atoms with Crippen LogP contribution in [-0.4, -0.2) is 15.0 Å². The summed E-state index contributed by atoms with van der Waals surface area (Å²) in [6, 6.07) is 24.3. The first-order valence-electron chi connectivity index (χ1n) is 17.4. The van der Waals surface area contributed by atoms with Gasteiger partial charge in [0.05, 0.1) is 10.4 Å². The van der Waals surface area contributed by atoms with Crippen LogP contribution >= 0.6 is 11.3 Å². The summed E-state index contributed by atoms with van der Waals surface area (Å²) in [6.45, 7) is 27.1. The Kier molecular flexibility index (Phi) is 10.3. The Labute approximate surface area is 317 Å². The molecule has 6 rings (SSSR count). The van der Waals surface area contributed by atoms with E-state index in [2.05, 4.69) is 150 Å². The first kappa shape index (κ1) is 37.8. The van der Waals surface area contributed by atoms with E-state index >= 15 is 0 Å². The fraction of sp³-hybridized carbons (Fsp3) is 0.386. The molecule has 4 aromatic heterocycles. The van der Waals surface area contributed by atoms with Crippen LogP contribution in [0, 0.1) is 5.41 Å². The molecule has 2 aromatic carbocycles. The number of hydrogen-bond acceptors (Lipinski definition) is 5. The average Bonchev–Trinajstić information content (AvgIpc) is 3.36. The van der Waals surface area contributed by atoms with Crippen molar-refractivity contribution in [2.24, 2.45) is 10.4 Å². The smallest absolute Gasteiger partial charge is 0.151 e. The number of nitrogens with zero attached hydrogens (tertiary/aromatic N) is 4. The third-order valence-electron chi connectivity index (χ3n) is 9.06. The topological polar surface area (TPSA) is 51.0 Å². The Morgan fingerprint density at radius 1 is 0.640 bits per heavy atom. The van der Waals surface area contributed by atoms with Crippen molar-refractivity contribution in [3.8, 4) is 22.6 Å². The van der Waals surface area contributed by atoms with E-state index in [0.717, 1.165) is 39.1 Å². The van der Waals surface area contributed by atoms with Crippen LogP contribution in [0.5, 0.6) is 0 Å². The van der Waals surface area contributed by atoms with Gasteiger partial charge in [0.15, 0.2) is 5.82 Å². The summed E-state index contributed by atoms with van der Waals surface area (Å²) in [5.41, 5.74) is 8.88. The molecular formula is C44H51N4PtS-. The molecule has 6 aromatic rings. The van der Waals surface area contributed by atoms with Crippen molar-refractivity contribution in [1.82, 2.24) is 15.0 Å². The molecule has 264 valence electrons. The monoisotopic (exact) mass is 862 g/mol.